The van der Waals surface area contributed by atoms with Gasteiger partial charge in [0.15, 0.2) is 0 Å². The molecule has 4 nitrogen and oxygen atoms in total. The van der Waals surface area contributed by atoms with Gasteiger partial charge in [-0.2, -0.15) is 0 Å². The van der Waals surface area contributed by atoms with Gasteiger partial charge in [-0.1, -0.05) is 46.3 Å². The summed E-state index contributed by atoms with van der Waals surface area (Å²) in [6.07, 6.45) is 1.94. The second-order valence-electron chi connectivity index (χ2n) is 6.49. The minimum absolute atomic E-state index is 0.216. The monoisotopic (exact) mass is 453 g/mol. The predicted octanol–water partition coefficient (Wildman–Crippen LogP) is 6.11. The van der Waals surface area contributed by atoms with Crippen molar-refractivity contribution in [2.24, 2.45) is 0 Å². The van der Waals surface area contributed by atoms with Crippen molar-refractivity contribution in [3.63, 3.8) is 0 Å². The molecule has 1 amide bonds. The number of carbonyl (C=O) groups excluding carboxylic acids is 1. The Bertz CT molecular complexity index is 927. The lowest BCUT2D eigenvalue weighted by atomic mass is 10.1. The van der Waals surface area contributed by atoms with Crippen LogP contribution in [0, 0.1) is 0 Å². The molecular formula is C24H24BrNO3. The maximum Gasteiger partial charge on any atom is 0.259 e. The van der Waals surface area contributed by atoms with E-state index in [1.54, 1.807) is 12.1 Å². The maximum absolute atomic E-state index is 12.6. The van der Waals surface area contributed by atoms with Crippen LogP contribution in [0.15, 0.2) is 77.3 Å². The SMILES string of the molecule is CCOc1ccc(Br)cc1C(=O)Nc1ccc(OCCCc2ccccc2)cc1. The first-order valence-corrected chi connectivity index (χ1v) is 10.5. The Kier molecular flexibility index (Phi) is 7.70. The van der Waals surface area contributed by atoms with Crippen LogP contribution in [-0.2, 0) is 6.42 Å². The molecule has 3 aromatic rings. The van der Waals surface area contributed by atoms with Crippen LogP contribution >= 0.6 is 15.9 Å². The van der Waals surface area contributed by atoms with Crippen molar-refractivity contribution in [3.8, 4) is 11.5 Å². The van der Waals surface area contributed by atoms with E-state index in [2.05, 4.69) is 45.5 Å². The molecule has 0 aliphatic carbocycles. The minimum Gasteiger partial charge on any atom is -0.494 e. The standard InChI is InChI=1S/C24H24BrNO3/c1-2-28-23-15-10-19(25)17-22(23)24(27)26-20-11-13-21(14-12-20)29-16-6-9-18-7-4-3-5-8-18/h3-5,7-8,10-15,17H,2,6,9,16H2,1H3,(H,26,27). The highest BCUT2D eigenvalue weighted by molar-refractivity contribution is 9.10. The van der Waals surface area contributed by atoms with Gasteiger partial charge < -0.3 is 14.8 Å². The van der Waals surface area contributed by atoms with Gasteiger partial charge in [0.1, 0.15) is 11.5 Å². The summed E-state index contributed by atoms with van der Waals surface area (Å²) in [5.41, 5.74) is 2.50. The Balaban J connectivity index is 1.52. The number of rotatable bonds is 9. The molecule has 0 bridgehead atoms. The first kappa shape index (κ1) is 20.9. The summed E-state index contributed by atoms with van der Waals surface area (Å²) >= 11 is 3.40. The molecular weight excluding hydrogens is 430 g/mol. The Hall–Kier alpha value is -2.79. The average Bonchev–Trinajstić information content (AvgIpc) is 2.74. The van der Waals surface area contributed by atoms with Crippen molar-refractivity contribution < 1.29 is 14.3 Å². The van der Waals surface area contributed by atoms with Gasteiger partial charge in [-0.05, 0) is 67.8 Å². The molecule has 0 fully saturated rings. The molecule has 0 saturated carbocycles. The van der Waals surface area contributed by atoms with Crippen LogP contribution in [0.3, 0.4) is 0 Å². The van der Waals surface area contributed by atoms with E-state index in [9.17, 15) is 4.79 Å². The van der Waals surface area contributed by atoms with E-state index in [0.29, 0.717) is 30.2 Å². The molecule has 3 rings (SSSR count). The van der Waals surface area contributed by atoms with Crippen molar-refractivity contribution in [1.29, 1.82) is 0 Å². The quantitative estimate of drug-likeness (QED) is 0.397. The number of hydrogen-bond acceptors (Lipinski definition) is 3. The van der Waals surface area contributed by atoms with E-state index in [1.807, 2.05) is 43.3 Å². The first-order valence-electron chi connectivity index (χ1n) is 9.66. The Labute approximate surface area is 180 Å². The zero-order valence-corrected chi connectivity index (χ0v) is 17.9. The molecule has 0 aliphatic rings. The number of aryl methyl sites for hydroxylation is 1. The number of benzene rings is 3. The summed E-state index contributed by atoms with van der Waals surface area (Å²) in [6.45, 7) is 3.04. The molecule has 29 heavy (non-hydrogen) atoms. The number of nitrogens with one attached hydrogen (secondary N) is 1. The Morgan fingerprint density at radius 2 is 1.72 bits per heavy atom. The Morgan fingerprint density at radius 1 is 0.966 bits per heavy atom. The average molecular weight is 454 g/mol. The largest absolute Gasteiger partial charge is 0.494 e. The van der Waals surface area contributed by atoms with Crippen LogP contribution in [0.5, 0.6) is 11.5 Å². The van der Waals surface area contributed by atoms with Gasteiger partial charge in [-0.25, -0.2) is 0 Å². The smallest absolute Gasteiger partial charge is 0.259 e. The second kappa shape index (κ2) is 10.7. The number of anilines is 1. The molecule has 0 atom stereocenters. The van der Waals surface area contributed by atoms with E-state index in [1.165, 1.54) is 5.56 Å². The third kappa shape index (κ3) is 6.36. The van der Waals surface area contributed by atoms with Crippen LogP contribution in [0.25, 0.3) is 0 Å². The molecule has 0 saturated heterocycles. The summed E-state index contributed by atoms with van der Waals surface area (Å²) in [7, 11) is 0. The number of halogens is 1. The molecule has 0 unspecified atom stereocenters. The van der Waals surface area contributed by atoms with E-state index in [4.69, 9.17) is 9.47 Å². The summed E-state index contributed by atoms with van der Waals surface area (Å²) in [4.78, 5) is 12.6. The first-order chi connectivity index (χ1) is 14.2. The van der Waals surface area contributed by atoms with Gasteiger partial charge in [0.2, 0.25) is 0 Å². The van der Waals surface area contributed by atoms with Gasteiger partial charge in [-0.15, -0.1) is 0 Å². The van der Waals surface area contributed by atoms with Crippen molar-refractivity contribution in [3.05, 3.63) is 88.4 Å². The number of amides is 1. The van der Waals surface area contributed by atoms with Crippen LogP contribution in [-0.4, -0.2) is 19.1 Å². The molecule has 3 aromatic carbocycles. The molecule has 0 aliphatic heterocycles. The van der Waals surface area contributed by atoms with E-state index < -0.39 is 0 Å². The van der Waals surface area contributed by atoms with Crippen molar-refractivity contribution >= 4 is 27.5 Å². The molecule has 0 heterocycles. The fraction of sp³-hybridized carbons (Fsp3) is 0.208. The van der Waals surface area contributed by atoms with Gasteiger partial charge >= 0.3 is 0 Å². The number of hydrogen-bond donors (Lipinski definition) is 1. The third-order valence-corrected chi connectivity index (χ3v) is 4.81. The highest BCUT2D eigenvalue weighted by atomic mass is 79.9. The summed E-state index contributed by atoms with van der Waals surface area (Å²) < 4.78 is 12.2. The van der Waals surface area contributed by atoms with Gasteiger partial charge in [0.05, 0.1) is 18.8 Å². The summed E-state index contributed by atoms with van der Waals surface area (Å²) in [5.74, 6) is 1.13. The van der Waals surface area contributed by atoms with Crippen LogP contribution < -0.4 is 14.8 Å². The number of carbonyl (C=O) groups is 1. The summed E-state index contributed by atoms with van der Waals surface area (Å²) in [6, 6.07) is 23.2. The second-order valence-corrected chi connectivity index (χ2v) is 7.41. The fourth-order valence-corrected chi connectivity index (χ4v) is 3.27. The molecule has 5 heteroatoms. The topological polar surface area (TPSA) is 47.6 Å². The maximum atomic E-state index is 12.6. The van der Waals surface area contributed by atoms with Gasteiger partial charge in [-0.3, -0.25) is 4.79 Å². The zero-order valence-electron chi connectivity index (χ0n) is 16.4. The van der Waals surface area contributed by atoms with Crippen LogP contribution in [0.4, 0.5) is 5.69 Å². The zero-order chi connectivity index (χ0) is 20.5. The normalized spacial score (nSPS) is 10.4. The van der Waals surface area contributed by atoms with E-state index >= 15 is 0 Å². The van der Waals surface area contributed by atoms with Crippen molar-refractivity contribution in [2.45, 2.75) is 19.8 Å². The minimum atomic E-state index is -0.216. The van der Waals surface area contributed by atoms with Gasteiger partial charge in [0, 0.05) is 10.2 Å². The molecule has 0 spiro atoms. The van der Waals surface area contributed by atoms with E-state index in [-0.39, 0.29) is 5.91 Å². The molecule has 1 N–H and O–H groups in total. The molecule has 0 radical (unpaired) electrons. The number of ether oxygens (including phenoxy) is 2. The summed E-state index contributed by atoms with van der Waals surface area (Å²) in [5, 5.41) is 2.90. The predicted molar refractivity (Wildman–Crippen MR) is 120 cm³/mol. The highest BCUT2D eigenvalue weighted by Gasteiger charge is 2.13. The van der Waals surface area contributed by atoms with Crippen molar-refractivity contribution in [1.82, 2.24) is 0 Å². The fourth-order valence-electron chi connectivity index (χ4n) is 2.90. The lowest BCUT2D eigenvalue weighted by molar-refractivity contribution is 0.102. The highest BCUT2D eigenvalue weighted by Crippen LogP contribution is 2.25. The lowest BCUT2D eigenvalue weighted by Crippen LogP contribution is -2.13. The van der Waals surface area contributed by atoms with E-state index in [0.717, 1.165) is 23.1 Å². The lowest BCUT2D eigenvalue weighted by Gasteiger charge is -2.12. The van der Waals surface area contributed by atoms with Gasteiger partial charge in [0.25, 0.3) is 5.91 Å². The Morgan fingerprint density at radius 3 is 2.45 bits per heavy atom. The van der Waals surface area contributed by atoms with Crippen LogP contribution in [0.2, 0.25) is 0 Å². The van der Waals surface area contributed by atoms with Crippen LogP contribution in [0.1, 0.15) is 29.3 Å². The molecule has 0 aromatic heterocycles. The van der Waals surface area contributed by atoms with Crippen molar-refractivity contribution in [2.75, 3.05) is 18.5 Å². The third-order valence-electron chi connectivity index (χ3n) is 4.32. The molecule has 150 valence electrons.